The summed E-state index contributed by atoms with van der Waals surface area (Å²) < 4.78 is 7.59. The van der Waals surface area contributed by atoms with Gasteiger partial charge in [-0.15, -0.1) is 0 Å². The van der Waals surface area contributed by atoms with E-state index in [1.807, 2.05) is 29.1 Å². The molecule has 0 bridgehead atoms. The molecule has 2 heterocycles. The Morgan fingerprint density at radius 3 is 3.06 bits per heavy atom. The van der Waals surface area contributed by atoms with Crippen LogP contribution in [0, 0.1) is 0 Å². The van der Waals surface area contributed by atoms with Gasteiger partial charge in [0.2, 0.25) is 0 Å². The molecule has 0 aliphatic carbocycles. The van der Waals surface area contributed by atoms with Crippen molar-refractivity contribution in [2.24, 2.45) is 5.73 Å². The molecule has 0 fully saturated rings. The molecule has 1 aromatic carbocycles. The zero-order chi connectivity index (χ0) is 11.7. The highest BCUT2D eigenvalue weighted by atomic mass is 16.5. The highest BCUT2D eigenvalue weighted by molar-refractivity contribution is 5.39. The quantitative estimate of drug-likeness (QED) is 0.868. The van der Waals surface area contributed by atoms with E-state index < -0.39 is 0 Å². The minimum Gasteiger partial charge on any atom is -0.493 e. The van der Waals surface area contributed by atoms with Crippen LogP contribution in [-0.4, -0.2) is 16.4 Å². The topological polar surface area (TPSA) is 53.1 Å². The lowest BCUT2D eigenvalue weighted by atomic mass is 10.0. The Kier molecular flexibility index (Phi) is 2.57. The number of hydrogen-bond donors (Lipinski definition) is 1. The maximum Gasteiger partial charge on any atom is 0.122 e. The number of nitrogens with zero attached hydrogens (tertiary/aromatic N) is 2. The Hall–Kier alpha value is -1.81. The maximum absolute atomic E-state index is 5.65. The smallest absolute Gasteiger partial charge is 0.122 e. The van der Waals surface area contributed by atoms with Crippen LogP contribution in [0.3, 0.4) is 0 Å². The van der Waals surface area contributed by atoms with Crippen LogP contribution in [0.1, 0.15) is 17.2 Å². The third kappa shape index (κ3) is 1.91. The number of para-hydroxylation sites is 1. The maximum atomic E-state index is 5.65. The van der Waals surface area contributed by atoms with Crippen molar-refractivity contribution in [1.82, 2.24) is 9.78 Å². The van der Waals surface area contributed by atoms with E-state index in [0.717, 1.165) is 24.6 Å². The standard InChI is InChI=1S/C13H15N3O/c14-7-11-5-6-16(15-11)8-10-9-17-13-4-2-1-3-12(10)13/h1-6,10H,7-9,14H2. The molecule has 0 saturated carbocycles. The summed E-state index contributed by atoms with van der Waals surface area (Å²) in [6, 6.07) is 10.2. The van der Waals surface area contributed by atoms with Gasteiger partial charge in [-0.25, -0.2) is 0 Å². The van der Waals surface area contributed by atoms with Gasteiger partial charge in [-0.1, -0.05) is 18.2 Å². The molecule has 2 aromatic rings. The second-order valence-electron chi connectivity index (χ2n) is 4.28. The first kappa shape index (κ1) is 10.4. The van der Waals surface area contributed by atoms with Gasteiger partial charge in [0.25, 0.3) is 0 Å². The fourth-order valence-corrected chi connectivity index (χ4v) is 2.22. The highest BCUT2D eigenvalue weighted by Crippen LogP contribution is 2.34. The first-order valence-corrected chi connectivity index (χ1v) is 5.81. The first-order chi connectivity index (χ1) is 8.36. The van der Waals surface area contributed by atoms with E-state index in [9.17, 15) is 0 Å². The third-order valence-electron chi connectivity index (χ3n) is 3.11. The van der Waals surface area contributed by atoms with Gasteiger partial charge in [-0.2, -0.15) is 5.10 Å². The van der Waals surface area contributed by atoms with Crippen LogP contribution in [0.5, 0.6) is 5.75 Å². The van der Waals surface area contributed by atoms with Gasteiger partial charge < -0.3 is 10.5 Å². The third-order valence-corrected chi connectivity index (χ3v) is 3.11. The molecule has 0 saturated heterocycles. The average molecular weight is 229 g/mol. The molecule has 0 amide bonds. The van der Waals surface area contributed by atoms with E-state index in [-0.39, 0.29) is 0 Å². The number of hydrogen-bond acceptors (Lipinski definition) is 3. The fourth-order valence-electron chi connectivity index (χ4n) is 2.22. The van der Waals surface area contributed by atoms with Crippen molar-refractivity contribution in [2.75, 3.05) is 6.61 Å². The SMILES string of the molecule is NCc1ccn(CC2COc3ccccc32)n1. The molecule has 1 unspecified atom stereocenters. The van der Waals surface area contributed by atoms with Crippen LogP contribution >= 0.6 is 0 Å². The molecule has 3 rings (SSSR count). The van der Waals surface area contributed by atoms with Crippen LogP contribution in [0.25, 0.3) is 0 Å². The van der Waals surface area contributed by atoms with E-state index in [0.29, 0.717) is 12.5 Å². The number of aromatic nitrogens is 2. The summed E-state index contributed by atoms with van der Waals surface area (Å²) in [5.41, 5.74) is 7.75. The normalized spacial score (nSPS) is 17.8. The van der Waals surface area contributed by atoms with E-state index in [1.54, 1.807) is 0 Å². The summed E-state index contributed by atoms with van der Waals surface area (Å²) in [6.45, 7) is 2.07. The lowest BCUT2D eigenvalue weighted by molar-refractivity contribution is 0.314. The van der Waals surface area contributed by atoms with Crippen LogP contribution in [0.4, 0.5) is 0 Å². The number of fused-ring (bicyclic) bond motifs is 1. The molecule has 1 aliphatic heterocycles. The number of rotatable bonds is 3. The zero-order valence-corrected chi connectivity index (χ0v) is 9.54. The molecule has 1 atom stereocenters. The molecular formula is C13H15N3O. The Morgan fingerprint density at radius 1 is 1.35 bits per heavy atom. The Balaban J connectivity index is 1.79. The van der Waals surface area contributed by atoms with Crippen molar-refractivity contribution in [3.05, 3.63) is 47.8 Å². The van der Waals surface area contributed by atoms with E-state index in [4.69, 9.17) is 10.5 Å². The minimum atomic E-state index is 0.386. The van der Waals surface area contributed by atoms with Crippen molar-refractivity contribution in [3.63, 3.8) is 0 Å². The van der Waals surface area contributed by atoms with Gasteiger partial charge >= 0.3 is 0 Å². The summed E-state index contributed by atoms with van der Waals surface area (Å²) in [7, 11) is 0. The number of benzene rings is 1. The molecule has 2 N–H and O–H groups in total. The number of ether oxygens (including phenoxy) is 1. The molecule has 4 nitrogen and oxygen atoms in total. The van der Waals surface area contributed by atoms with Crippen molar-refractivity contribution in [3.8, 4) is 5.75 Å². The van der Waals surface area contributed by atoms with Crippen LogP contribution in [-0.2, 0) is 13.1 Å². The monoisotopic (exact) mass is 229 g/mol. The molecule has 4 heteroatoms. The fraction of sp³-hybridized carbons (Fsp3) is 0.308. The van der Waals surface area contributed by atoms with Gasteiger partial charge in [-0.05, 0) is 12.1 Å². The van der Waals surface area contributed by atoms with Gasteiger partial charge in [-0.3, -0.25) is 4.68 Å². The van der Waals surface area contributed by atoms with Crippen LogP contribution in [0.2, 0.25) is 0 Å². The van der Waals surface area contributed by atoms with Crippen molar-refractivity contribution in [1.29, 1.82) is 0 Å². The molecule has 0 radical (unpaired) electrons. The summed E-state index contributed by atoms with van der Waals surface area (Å²) in [5, 5.41) is 4.40. The molecular weight excluding hydrogens is 214 g/mol. The molecule has 1 aliphatic rings. The predicted molar refractivity (Wildman–Crippen MR) is 64.8 cm³/mol. The van der Waals surface area contributed by atoms with E-state index in [2.05, 4.69) is 17.2 Å². The second kappa shape index (κ2) is 4.22. The molecule has 1 aromatic heterocycles. The van der Waals surface area contributed by atoms with Gasteiger partial charge in [0.15, 0.2) is 0 Å². The summed E-state index contributed by atoms with van der Waals surface area (Å²) in [4.78, 5) is 0. The van der Waals surface area contributed by atoms with Crippen molar-refractivity contribution < 1.29 is 4.74 Å². The van der Waals surface area contributed by atoms with E-state index >= 15 is 0 Å². The molecule has 0 spiro atoms. The Labute approximate surface area is 100 Å². The predicted octanol–water partition coefficient (Wildman–Crippen LogP) is 1.52. The number of nitrogens with two attached hydrogens (primary N) is 1. The minimum absolute atomic E-state index is 0.386. The van der Waals surface area contributed by atoms with E-state index in [1.165, 1.54) is 5.56 Å². The highest BCUT2D eigenvalue weighted by Gasteiger charge is 2.23. The van der Waals surface area contributed by atoms with Gasteiger partial charge in [0, 0.05) is 24.2 Å². The summed E-state index contributed by atoms with van der Waals surface area (Å²) in [6.07, 6.45) is 1.98. The average Bonchev–Trinajstić information content (AvgIpc) is 2.97. The van der Waals surface area contributed by atoms with Crippen molar-refractivity contribution in [2.45, 2.75) is 19.0 Å². The molecule has 17 heavy (non-hydrogen) atoms. The Bertz CT molecular complexity index is 521. The lowest BCUT2D eigenvalue weighted by Gasteiger charge is -2.08. The first-order valence-electron chi connectivity index (χ1n) is 5.81. The lowest BCUT2D eigenvalue weighted by Crippen LogP contribution is -2.11. The van der Waals surface area contributed by atoms with Crippen molar-refractivity contribution >= 4 is 0 Å². The molecule has 88 valence electrons. The largest absolute Gasteiger partial charge is 0.493 e. The van der Waals surface area contributed by atoms with Gasteiger partial charge in [0.05, 0.1) is 18.8 Å². The second-order valence-corrected chi connectivity index (χ2v) is 4.28. The van der Waals surface area contributed by atoms with Crippen LogP contribution in [0.15, 0.2) is 36.5 Å². The van der Waals surface area contributed by atoms with Crippen LogP contribution < -0.4 is 10.5 Å². The summed E-state index contributed by atoms with van der Waals surface area (Å²) in [5.74, 6) is 1.39. The zero-order valence-electron chi connectivity index (χ0n) is 9.54. The Morgan fingerprint density at radius 2 is 2.24 bits per heavy atom. The van der Waals surface area contributed by atoms with Gasteiger partial charge in [0.1, 0.15) is 5.75 Å². The summed E-state index contributed by atoms with van der Waals surface area (Å²) >= 11 is 0.